The molecule has 0 bridgehead atoms. The minimum atomic E-state index is 0.943. The third-order valence-corrected chi connectivity index (χ3v) is 1.90. The topological polar surface area (TPSA) is 0 Å². The normalized spacial score (nSPS) is 29.8. The fourth-order valence-electron chi connectivity index (χ4n) is 1.10. The third-order valence-electron chi connectivity index (χ3n) is 1.90. The SMILES string of the molecule is CC1=CC[C@H](C)CC1. The summed E-state index contributed by atoms with van der Waals surface area (Å²) >= 11 is 0. The molecule has 0 saturated heterocycles. The summed E-state index contributed by atoms with van der Waals surface area (Å²) in [7, 11) is 0. The average Bonchev–Trinajstić information content (AvgIpc) is 1.77. The van der Waals surface area contributed by atoms with Crippen LogP contribution in [0.15, 0.2) is 11.6 Å². The maximum Gasteiger partial charge on any atom is -0.0320 e. The molecule has 1 aliphatic carbocycles. The van der Waals surface area contributed by atoms with Crippen molar-refractivity contribution in [2.24, 2.45) is 5.92 Å². The molecule has 0 spiro atoms. The molecule has 0 nitrogen and oxygen atoms in total. The Balaban J connectivity index is 2.42. The Morgan fingerprint density at radius 1 is 1.62 bits per heavy atom. The molecule has 1 atom stereocenters. The molecule has 0 aromatic carbocycles. The third kappa shape index (κ3) is 1.36. The fraction of sp³-hybridized carbons (Fsp3) is 0.750. The summed E-state index contributed by atoms with van der Waals surface area (Å²) in [5.74, 6) is 0.943. The van der Waals surface area contributed by atoms with Crippen LogP contribution in [-0.2, 0) is 0 Å². The second-order valence-electron chi connectivity index (χ2n) is 2.93. The van der Waals surface area contributed by atoms with Gasteiger partial charge in [-0.1, -0.05) is 18.6 Å². The molecule has 0 fully saturated rings. The van der Waals surface area contributed by atoms with Crippen LogP contribution in [0.3, 0.4) is 0 Å². The summed E-state index contributed by atoms with van der Waals surface area (Å²) in [6.45, 7) is 4.55. The summed E-state index contributed by atoms with van der Waals surface area (Å²) in [6, 6.07) is 0. The summed E-state index contributed by atoms with van der Waals surface area (Å²) in [6.07, 6.45) is 6.42. The Labute approximate surface area is 51.6 Å². The Bertz CT molecular complexity index is 101. The van der Waals surface area contributed by atoms with Crippen molar-refractivity contribution in [2.45, 2.75) is 33.1 Å². The summed E-state index contributed by atoms with van der Waals surface area (Å²) in [5.41, 5.74) is 1.59. The molecular weight excluding hydrogens is 96.1 g/mol. The van der Waals surface area contributed by atoms with Gasteiger partial charge in [0.1, 0.15) is 0 Å². The van der Waals surface area contributed by atoms with Crippen molar-refractivity contribution in [2.75, 3.05) is 0 Å². The molecule has 46 valence electrons. The second kappa shape index (κ2) is 2.34. The zero-order chi connectivity index (χ0) is 5.98. The first-order valence-electron chi connectivity index (χ1n) is 3.44. The van der Waals surface area contributed by atoms with Crippen LogP contribution in [0.25, 0.3) is 0 Å². The van der Waals surface area contributed by atoms with Crippen LogP contribution in [-0.4, -0.2) is 0 Å². The van der Waals surface area contributed by atoms with Gasteiger partial charge in [-0.25, -0.2) is 0 Å². The second-order valence-corrected chi connectivity index (χ2v) is 2.93. The first-order valence-corrected chi connectivity index (χ1v) is 3.44. The summed E-state index contributed by atoms with van der Waals surface area (Å²) < 4.78 is 0. The fourth-order valence-corrected chi connectivity index (χ4v) is 1.10. The summed E-state index contributed by atoms with van der Waals surface area (Å²) in [4.78, 5) is 0. The maximum atomic E-state index is 2.37. The molecule has 0 unspecified atom stereocenters. The highest BCUT2D eigenvalue weighted by Crippen LogP contribution is 2.21. The van der Waals surface area contributed by atoms with Crippen LogP contribution in [0.4, 0.5) is 0 Å². The molecule has 0 aliphatic heterocycles. The van der Waals surface area contributed by atoms with Gasteiger partial charge in [0.05, 0.1) is 0 Å². The minimum absolute atomic E-state index is 0.943. The Morgan fingerprint density at radius 2 is 2.38 bits per heavy atom. The molecule has 0 N–H and O–H groups in total. The van der Waals surface area contributed by atoms with Crippen molar-refractivity contribution in [3.63, 3.8) is 0 Å². The van der Waals surface area contributed by atoms with Gasteiger partial charge < -0.3 is 0 Å². The maximum absolute atomic E-state index is 2.37. The van der Waals surface area contributed by atoms with E-state index in [0.717, 1.165) is 5.92 Å². The van der Waals surface area contributed by atoms with Crippen molar-refractivity contribution >= 4 is 0 Å². The van der Waals surface area contributed by atoms with Gasteiger partial charge in [0.2, 0.25) is 0 Å². The van der Waals surface area contributed by atoms with Crippen molar-refractivity contribution in [3.8, 4) is 0 Å². The molecule has 0 heterocycles. The van der Waals surface area contributed by atoms with Gasteiger partial charge in [0, 0.05) is 0 Å². The Hall–Kier alpha value is -0.260. The van der Waals surface area contributed by atoms with Gasteiger partial charge in [0.15, 0.2) is 0 Å². The zero-order valence-corrected chi connectivity index (χ0v) is 5.78. The number of hydrogen-bond donors (Lipinski definition) is 0. The monoisotopic (exact) mass is 110 g/mol. The largest absolute Gasteiger partial charge is 0.0853 e. The van der Waals surface area contributed by atoms with Crippen LogP contribution in [0.5, 0.6) is 0 Å². The van der Waals surface area contributed by atoms with Gasteiger partial charge in [0.25, 0.3) is 0 Å². The zero-order valence-electron chi connectivity index (χ0n) is 5.78. The van der Waals surface area contributed by atoms with Crippen molar-refractivity contribution in [1.82, 2.24) is 0 Å². The van der Waals surface area contributed by atoms with E-state index in [1.165, 1.54) is 19.3 Å². The smallest absolute Gasteiger partial charge is 0.0320 e. The van der Waals surface area contributed by atoms with E-state index in [0.29, 0.717) is 0 Å². The molecule has 0 saturated carbocycles. The quantitative estimate of drug-likeness (QED) is 0.420. The van der Waals surface area contributed by atoms with Crippen LogP contribution < -0.4 is 0 Å². The van der Waals surface area contributed by atoms with E-state index in [4.69, 9.17) is 0 Å². The van der Waals surface area contributed by atoms with E-state index in [9.17, 15) is 0 Å². The molecule has 8 heavy (non-hydrogen) atoms. The highest BCUT2D eigenvalue weighted by molar-refractivity contribution is 5.01. The van der Waals surface area contributed by atoms with Crippen molar-refractivity contribution in [1.29, 1.82) is 0 Å². The summed E-state index contributed by atoms with van der Waals surface area (Å²) in [5, 5.41) is 0. The standard InChI is InChI=1S/C8H14/c1-7-3-5-8(2)6-4-7/h3,8H,4-6H2,1-2H3/t8-/m0/s1. The molecule has 1 aliphatic rings. The first kappa shape index (κ1) is 5.87. The van der Waals surface area contributed by atoms with Crippen LogP contribution in [0.2, 0.25) is 0 Å². The predicted octanol–water partition coefficient (Wildman–Crippen LogP) is 2.75. The lowest BCUT2D eigenvalue weighted by Gasteiger charge is -2.14. The van der Waals surface area contributed by atoms with Crippen molar-refractivity contribution in [3.05, 3.63) is 11.6 Å². The van der Waals surface area contributed by atoms with E-state index in [1.54, 1.807) is 5.57 Å². The van der Waals surface area contributed by atoms with E-state index >= 15 is 0 Å². The number of hydrogen-bond acceptors (Lipinski definition) is 0. The molecule has 0 radical (unpaired) electrons. The van der Waals surface area contributed by atoms with Crippen molar-refractivity contribution < 1.29 is 0 Å². The lowest BCUT2D eigenvalue weighted by Crippen LogP contribution is -1.98. The van der Waals surface area contributed by atoms with E-state index in [-0.39, 0.29) is 0 Å². The van der Waals surface area contributed by atoms with E-state index in [2.05, 4.69) is 19.9 Å². The Kier molecular flexibility index (Phi) is 1.72. The lowest BCUT2D eigenvalue weighted by molar-refractivity contribution is 0.514. The Morgan fingerprint density at radius 3 is 2.75 bits per heavy atom. The first-order chi connectivity index (χ1) is 3.79. The highest BCUT2D eigenvalue weighted by atomic mass is 14.1. The molecule has 0 amide bonds. The average molecular weight is 110 g/mol. The number of allylic oxidation sites excluding steroid dienone is 2. The molecule has 0 heteroatoms. The van der Waals surface area contributed by atoms with Crippen LogP contribution >= 0.6 is 0 Å². The van der Waals surface area contributed by atoms with E-state index in [1.807, 2.05) is 0 Å². The molecule has 1 rings (SSSR count). The van der Waals surface area contributed by atoms with Crippen LogP contribution in [0, 0.1) is 5.92 Å². The van der Waals surface area contributed by atoms with Gasteiger partial charge in [-0.3, -0.25) is 0 Å². The van der Waals surface area contributed by atoms with E-state index < -0.39 is 0 Å². The highest BCUT2D eigenvalue weighted by Gasteiger charge is 2.05. The molecule has 0 aromatic heterocycles. The number of rotatable bonds is 0. The van der Waals surface area contributed by atoms with Gasteiger partial charge in [-0.05, 0) is 32.1 Å². The minimum Gasteiger partial charge on any atom is -0.0853 e. The van der Waals surface area contributed by atoms with Gasteiger partial charge in [-0.2, -0.15) is 0 Å². The van der Waals surface area contributed by atoms with Gasteiger partial charge >= 0.3 is 0 Å². The molecular formula is C8H14. The predicted molar refractivity (Wildman–Crippen MR) is 36.8 cm³/mol. The van der Waals surface area contributed by atoms with Gasteiger partial charge in [-0.15, -0.1) is 0 Å². The lowest BCUT2D eigenvalue weighted by atomic mass is 9.92. The van der Waals surface area contributed by atoms with Crippen LogP contribution in [0.1, 0.15) is 33.1 Å². The molecule has 0 aromatic rings.